The van der Waals surface area contributed by atoms with Gasteiger partial charge in [0.1, 0.15) is 9.21 Å². The van der Waals surface area contributed by atoms with Gasteiger partial charge in [-0.3, -0.25) is 0 Å². The normalized spacial score (nSPS) is 9.58. The Bertz CT molecular complexity index is 314. The topological polar surface area (TPSA) is 39.2 Å². The van der Waals surface area contributed by atoms with Crippen LogP contribution in [-0.4, -0.2) is 18.1 Å². The molecule has 0 unspecified atom stereocenters. The van der Waals surface area contributed by atoms with Crippen molar-refractivity contribution >= 4 is 37.8 Å². The van der Waals surface area contributed by atoms with Crippen molar-refractivity contribution in [2.24, 2.45) is 0 Å². The van der Waals surface area contributed by atoms with Gasteiger partial charge in [0.25, 0.3) is 0 Å². The fraction of sp³-hybridized carbons (Fsp3) is 0.143. The van der Waals surface area contributed by atoms with E-state index >= 15 is 0 Å². The first-order valence-corrected chi connectivity index (χ1v) is 4.64. The largest absolute Gasteiger partial charge is 0.465 e. The molecular formula is C7H5Br2NO2. The summed E-state index contributed by atoms with van der Waals surface area (Å²) in [5.74, 6) is -0.401. The number of rotatable bonds is 1. The standard InChI is InChI=1S/C7H5Br2NO2/c1-12-7(11)4-2-3-5(8)10-6(4)9/h2-3H,1H3. The maximum atomic E-state index is 11.0. The van der Waals surface area contributed by atoms with Gasteiger partial charge in [0.05, 0.1) is 12.7 Å². The van der Waals surface area contributed by atoms with Crippen LogP contribution in [-0.2, 0) is 4.74 Å². The molecule has 0 aliphatic rings. The van der Waals surface area contributed by atoms with Crippen LogP contribution < -0.4 is 0 Å². The molecule has 0 spiro atoms. The second kappa shape index (κ2) is 4.00. The smallest absolute Gasteiger partial charge is 0.340 e. The number of halogens is 2. The van der Waals surface area contributed by atoms with Crippen LogP contribution in [0.5, 0.6) is 0 Å². The van der Waals surface area contributed by atoms with Crippen molar-refractivity contribution in [1.82, 2.24) is 4.98 Å². The van der Waals surface area contributed by atoms with Crippen LogP contribution in [0.4, 0.5) is 0 Å². The summed E-state index contributed by atoms with van der Waals surface area (Å²) in [6.45, 7) is 0. The fourth-order valence-electron chi connectivity index (χ4n) is 0.674. The molecule has 12 heavy (non-hydrogen) atoms. The van der Waals surface area contributed by atoms with Gasteiger partial charge in [-0.15, -0.1) is 0 Å². The summed E-state index contributed by atoms with van der Waals surface area (Å²) < 4.78 is 5.68. The van der Waals surface area contributed by atoms with Crippen LogP contribution in [0.1, 0.15) is 10.4 Å². The van der Waals surface area contributed by atoms with E-state index in [0.717, 1.165) is 0 Å². The first-order valence-electron chi connectivity index (χ1n) is 3.05. The average Bonchev–Trinajstić information content (AvgIpc) is 2.03. The second-order valence-corrected chi connectivity index (χ2v) is 3.53. The Hall–Kier alpha value is -0.420. The van der Waals surface area contributed by atoms with Crippen LogP contribution in [0.2, 0.25) is 0 Å². The fourth-order valence-corrected chi connectivity index (χ4v) is 1.71. The molecule has 3 nitrogen and oxygen atoms in total. The summed E-state index contributed by atoms with van der Waals surface area (Å²) in [5.41, 5.74) is 0.417. The molecule has 0 N–H and O–H groups in total. The molecule has 5 heteroatoms. The van der Waals surface area contributed by atoms with Gasteiger partial charge in [-0.1, -0.05) is 0 Å². The third kappa shape index (κ3) is 2.04. The maximum Gasteiger partial charge on any atom is 0.340 e. The molecule has 0 aliphatic carbocycles. The molecule has 0 fully saturated rings. The van der Waals surface area contributed by atoms with Crippen molar-refractivity contribution in [2.45, 2.75) is 0 Å². The number of methoxy groups -OCH3 is 1. The zero-order valence-electron chi connectivity index (χ0n) is 6.17. The van der Waals surface area contributed by atoms with Crippen LogP contribution in [0.3, 0.4) is 0 Å². The third-order valence-corrected chi connectivity index (χ3v) is 2.27. The van der Waals surface area contributed by atoms with Crippen molar-refractivity contribution in [1.29, 1.82) is 0 Å². The number of nitrogens with zero attached hydrogens (tertiary/aromatic N) is 1. The molecule has 0 atom stereocenters. The SMILES string of the molecule is COC(=O)c1ccc(Br)nc1Br. The van der Waals surface area contributed by atoms with Crippen LogP contribution >= 0.6 is 31.9 Å². The number of hydrogen-bond acceptors (Lipinski definition) is 3. The molecule has 0 saturated carbocycles. The highest BCUT2D eigenvalue weighted by molar-refractivity contribution is 9.11. The van der Waals surface area contributed by atoms with Crippen LogP contribution in [0.25, 0.3) is 0 Å². The van der Waals surface area contributed by atoms with Crippen molar-refractivity contribution in [3.63, 3.8) is 0 Å². The lowest BCUT2D eigenvalue weighted by molar-refractivity contribution is 0.0599. The minimum atomic E-state index is -0.401. The highest BCUT2D eigenvalue weighted by atomic mass is 79.9. The summed E-state index contributed by atoms with van der Waals surface area (Å²) in [5, 5.41) is 0. The summed E-state index contributed by atoms with van der Waals surface area (Å²) in [6.07, 6.45) is 0. The van der Waals surface area contributed by atoms with Gasteiger partial charge in [0.2, 0.25) is 0 Å². The van der Waals surface area contributed by atoms with Gasteiger partial charge >= 0.3 is 5.97 Å². The van der Waals surface area contributed by atoms with E-state index in [2.05, 4.69) is 41.6 Å². The molecule has 0 aliphatic heterocycles. The predicted octanol–water partition coefficient (Wildman–Crippen LogP) is 2.39. The van der Waals surface area contributed by atoms with E-state index in [9.17, 15) is 4.79 Å². The van der Waals surface area contributed by atoms with Crippen molar-refractivity contribution in [2.75, 3.05) is 7.11 Å². The summed E-state index contributed by atoms with van der Waals surface area (Å²) >= 11 is 6.32. The Balaban J connectivity index is 3.09. The van der Waals surface area contributed by atoms with Gasteiger partial charge in [0, 0.05) is 0 Å². The van der Waals surface area contributed by atoms with Crippen molar-refractivity contribution in [3.05, 3.63) is 26.9 Å². The van der Waals surface area contributed by atoms with E-state index in [0.29, 0.717) is 14.8 Å². The number of carbonyl (C=O) groups is 1. The quantitative estimate of drug-likeness (QED) is 0.590. The Morgan fingerprint density at radius 3 is 2.67 bits per heavy atom. The van der Waals surface area contributed by atoms with E-state index in [-0.39, 0.29) is 0 Å². The lowest BCUT2D eigenvalue weighted by atomic mass is 10.3. The predicted molar refractivity (Wildman–Crippen MR) is 51.0 cm³/mol. The summed E-state index contributed by atoms with van der Waals surface area (Å²) in [7, 11) is 1.33. The molecule has 0 saturated heterocycles. The van der Waals surface area contributed by atoms with E-state index in [1.807, 2.05) is 0 Å². The van der Waals surface area contributed by atoms with Gasteiger partial charge in [-0.2, -0.15) is 0 Å². The number of ether oxygens (including phenoxy) is 1. The summed E-state index contributed by atoms with van der Waals surface area (Å²) in [4.78, 5) is 15.0. The molecule has 1 aromatic heterocycles. The third-order valence-electron chi connectivity index (χ3n) is 1.22. The molecule has 1 aromatic rings. The summed E-state index contributed by atoms with van der Waals surface area (Å²) in [6, 6.07) is 3.31. The van der Waals surface area contributed by atoms with Crippen molar-refractivity contribution in [3.8, 4) is 0 Å². The molecule has 0 amide bonds. The highest BCUT2D eigenvalue weighted by Crippen LogP contribution is 2.17. The minimum absolute atomic E-state index is 0.401. The van der Waals surface area contributed by atoms with E-state index in [1.54, 1.807) is 12.1 Å². The monoisotopic (exact) mass is 293 g/mol. The van der Waals surface area contributed by atoms with E-state index in [1.165, 1.54) is 7.11 Å². The Labute approximate surface area is 86.4 Å². The molecule has 0 bridgehead atoms. The number of carbonyl (C=O) groups excluding carboxylic acids is 1. The molecule has 0 radical (unpaired) electrons. The van der Waals surface area contributed by atoms with Crippen molar-refractivity contribution < 1.29 is 9.53 Å². The maximum absolute atomic E-state index is 11.0. The second-order valence-electron chi connectivity index (χ2n) is 1.96. The Kier molecular flexibility index (Phi) is 3.22. The highest BCUT2D eigenvalue weighted by Gasteiger charge is 2.10. The average molecular weight is 295 g/mol. The van der Waals surface area contributed by atoms with Crippen LogP contribution in [0, 0.1) is 0 Å². The van der Waals surface area contributed by atoms with Gasteiger partial charge in [0.15, 0.2) is 0 Å². The number of aromatic nitrogens is 1. The number of pyridine rings is 1. The first-order chi connectivity index (χ1) is 5.65. The molecule has 1 rings (SSSR count). The van der Waals surface area contributed by atoms with E-state index < -0.39 is 5.97 Å². The Morgan fingerprint density at radius 2 is 2.17 bits per heavy atom. The molecule has 0 aromatic carbocycles. The van der Waals surface area contributed by atoms with Gasteiger partial charge in [-0.05, 0) is 44.0 Å². The zero-order chi connectivity index (χ0) is 9.14. The molecule has 1 heterocycles. The lowest BCUT2D eigenvalue weighted by Gasteiger charge is -2.00. The first kappa shape index (κ1) is 9.67. The zero-order valence-corrected chi connectivity index (χ0v) is 9.35. The van der Waals surface area contributed by atoms with E-state index in [4.69, 9.17) is 0 Å². The van der Waals surface area contributed by atoms with Crippen LogP contribution in [0.15, 0.2) is 21.3 Å². The number of hydrogen-bond donors (Lipinski definition) is 0. The van der Waals surface area contributed by atoms with Gasteiger partial charge < -0.3 is 4.74 Å². The molecular weight excluding hydrogens is 290 g/mol. The van der Waals surface area contributed by atoms with Gasteiger partial charge in [-0.25, -0.2) is 9.78 Å². The Morgan fingerprint density at radius 1 is 1.50 bits per heavy atom. The lowest BCUT2D eigenvalue weighted by Crippen LogP contribution is -2.03. The number of esters is 1. The molecule has 64 valence electrons. The minimum Gasteiger partial charge on any atom is -0.465 e.